The van der Waals surface area contributed by atoms with Gasteiger partial charge in [0.05, 0.1) is 11.0 Å². The summed E-state index contributed by atoms with van der Waals surface area (Å²) in [5.41, 5.74) is 1.94. The second-order valence-corrected chi connectivity index (χ2v) is 4.41. The molecule has 0 spiro atoms. The lowest BCUT2D eigenvalue weighted by molar-refractivity contribution is 0.600. The quantitative estimate of drug-likeness (QED) is 0.868. The van der Waals surface area contributed by atoms with Gasteiger partial charge in [-0.05, 0) is 24.0 Å². The molecule has 2 rings (SSSR count). The van der Waals surface area contributed by atoms with Crippen molar-refractivity contribution in [2.75, 3.05) is 0 Å². The second-order valence-electron chi connectivity index (χ2n) is 4.41. The van der Waals surface area contributed by atoms with Crippen molar-refractivity contribution in [1.82, 2.24) is 9.97 Å². The molecule has 0 aliphatic carbocycles. The molecule has 0 saturated heterocycles. The van der Waals surface area contributed by atoms with Gasteiger partial charge in [-0.1, -0.05) is 20.8 Å². The topological polar surface area (TPSA) is 45.8 Å². The standard InChI is InChI=1S/C13H15FN2O/c1-4-10-13(17)16-11-5-8(7(2)3)9(14)6-12(11)15-10/h5-7H,4H2,1-3H3,(H,16,17). The summed E-state index contributed by atoms with van der Waals surface area (Å²) in [6, 6.07) is 3.06. The number of nitrogens with one attached hydrogen (secondary N) is 1. The third-order valence-electron chi connectivity index (χ3n) is 2.84. The van der Waals surface area contributed by atoms with E-state index >= 15 is 0 Å². The summed E-state index contributed by atoms with van der Waals surface area (Å²) in [5, 5.41) is 0. The average molecular weight is 234 g/mol. The SMILES string of the molecule is CCc1nc2cc(F)c(C(C)C)cc2[nH]c1=O. The number of fused-ring (bicyclic) bond motifs is 1. The Labute approximate surface area is 98.7 Å². The Morgan fingerprint density at radius 2 is 2.12 bits per heavy atom. The van der Waals surface area contributed by atoms with Crippen LogP contribution in [-0.2, 0) is 6.42 Å². The van der Waals surface area contributed by atoms with Crippen LogP contribution in [-0.4, -0.2) is 9.97 Å². The van der Waals surface area contributed by atoms with Crippen LogP contribution in [0.4, 0.5) is 4.39 Å². The minimum Gasteiger partial charge on any atom is -0.319 e. The van der Waals surface area contributed by atoms with E-state index in [0.717, 1.165) is 0 Å². The molecule has 0 fully saturated rings. The van der Waals surface area contributed by atoms with Gasteiger partial charge in [0, 0.05) is 6.07 Å². The third-order valence-corrected chi connectivity index (χ3v) is 2.84. The smallest absolute Gasteiger partial charge is 0.270 e. The van der Waals surface area contributed by atoms with Crippen LogP contribution in [0.2, 0.25) is 0 Å². The van der Waals surface area contributed by atoms with Gasteiger partial charge in [0.15, 0.2) is 0 Å². The Kier molecular flexibility index (Phi) is 2.96. The monoisotopic (exact) mass is 234 g/mol. The second kappa shape index (κ2) is 4.28. The van der Waals surface area contributed by atoms with E-state index in [-0.39, 0.29) is 17.3 Å². The largest absolute Gasteiger partial charge is 0.319 e. The minimum atomic E-state index is -0.269. The van der Waals surface area contributed by atoms with Gasteiger partial charge in [0.25, 0.3) is 5.56 Å². The van der Waals surface area contributed by atoms with E-state index in [1.807, 2.05) is 20.8 Å². The lowest BCUT2D eigenvalue weighted by atomic mass is 10.0. The highest BCUT2D eigenvalue weighted by Gasteiger charge is 2.10. The highest BCUT2D eigenvalue weighted by molar-refractivity contribution is 5.75. The molecule has 1 aromatic carbocycles. The molecule has 0 amide bonds. The number of nitrogens with zero attached hydrogens (tertiary/aromatic N) is 1. The zero-order valence-electron chi connectivity index (χ0n) is 10.2. The molecule has 0 aliphatic heterocycles. The number of benzene rings is 1. The van der Waals surface area contributed by atoms with Crippen molar-refractivity contribution in [3.05, 3.63) is 39.6 Å². The summed E-state index contributed by atoms with van der Waals surface area (Å²) in [6.07, 6.45) is 0.541. The maximum Gasteiger partial charge on any atom is 0.270 e. The first-order valence-electron chi connectivity index (χ1n) is 5.75. The lowest BCUT2D eigenvalue weighted by Crippen LogP contribution is -2.14. The summed E-state index contributed by atoms with van der Waals surface area (Å²) in [6.45, 7) is 5.68. The molecular formula is C13H15FN2O. The molecular weight excluding hydrogens is 219 g/mol. The van der Waals surface area contributed by atoms with E-state index in [4.69, 9.17) is 0 Å². The molecule has 0 bridgehead atoms. The molecule has 90 valence electrons. The van der Waals surface area contributed by atoms with Crippen LogP contribution in [0, 0.1) is 5.82 Å². The van der Waals surface area contributed by atoms with Crippen molar-refractivity contribution in [2.24, 2.45) is 0 Å². The van der Waals surface area contributed by atoms with Crippen LogP contribution in [0.5, 0.6) is 0 Å². The van der Waals surface area contributed by atoms with Crippen LogP contribution in [0.15, 0.2) is 16.9 Å². The number of hydrogen-bond donors (Lipinski definition) is 1. The fourth-order valence-corrected chi connectivity index (χ4v) is 1.84. The molecule has 0 saturated carbocycles. The van der Waals surface area contributed by atoms with E-state index in [9.17, 15) is 9.18 Å². The summed E-state index contributed by atoms with van der Waals surface area (Å²) in [5.74, 6) is -0.192. The van der Waals surface area contributed by atoms with Gasteiger partial charge >= 0.3 is 0 Å². The van der Waals surface area contributed by atoms with Gasteiger partial charge < -0.3 is 4.98 Å². The van der Waals surface area contributed by atoms with Crippen molar-refractivity contribution in [2.45, 2.75) is 33.1 Å². The third kappa shape index (κ3) is 2.07. The molecule has 0 aliphatic rings. The number of H-pyrrole nitrogens is 1. The highest BCUT2D eigenvalue weighted by Crippen LogP contribution is 2.22. The first-order valence-corrected chi connectivity index (χ1v) is 5.75. The van der Waals surface area contributed by atoms with E-state index in [1.54, 1.807) is 6.07 Å². The molecule has 1 heterocycles. The Balaban J connectivity index is 2.75. The highest BCUT2D eigenvalue weighted by atomic mass is 19.1. The normalized spacial score (nSPS) is 11.4. The molecule has 0 atom stereocenters. The van der Waals surface area contributed by atoms with E-state index in [2.05, 4.69) is 9.97 Å². The molecule has 0 unspecified atom stereocenters. The first-order chi connectivity index (χ1) is 8.02. The molecule has 17 heavy (non-hydrogen) atoms. The Morgan fingerprint density at radius 3 is 2.71 bits per heavy atom. The van der Waals surface area contributed by atoms with Crippen molar-refractivity contribution < 1.29 is 4.39 Å². The fraction of sp³-hybridized carbons (Fsp3) is 0.385. The molecule has 1 N–H and O–H groups in total. The van der Waals surface area contributed by atoms with E-state index in [1.165, 1.54) is 6.07 Å². The summed E-state index contributed by atoms with van der Waals surface area (Å²) >= 11 is 0. The van der Waals surface area contributed by atoms with Gasteiger partial charge in [-0.15, -0.1) is 0 Å². The van der Waals surface area contributed by atoms with Crippen LogP contribution in [0.3, 0.4) is 0 Å². The Morgan fingerprint density at radius 1 is 1.41 bits per heavy atom. The molecule has 3 nitrogen and oxygen atoms in total. The number of aryl methyl sites for hydroxylation is 1. The summed E-state index contributed by atoms with van der Waals surface area (Å²) in [7, 11) is 0. The van der Waals surface area contributed by atoms with Crippen LogP contribution in [0.1, 0.15) is 37.9 Å². The van der Waals surface area contributed by atoms with Gasteiger partial charge in [-0.3, -0.25) is 4.79 Å². The number of halogens is 1. The van der Waals surface area contributed by atoms with Crippen LogP contribution < -0.4 is 5.56 Å². The minimum absolute atomic E-state index is 0.0775. The number of rotatable bonds is 2. The van der Waals surface area contributed by atoms with Crippen molar-refractivity contribution in [3.63, 3.8) is 0 Å². The zero-order chi connectivity index (χ0) is 12.6. The van der Waals surface area contributed by atoms with Crippen molar-refractivity contribution in [3.8, 4) is 0 Å². The predicted octanol–water partition coefficient (Wildman–Crippen LogP) is 2.75. The Bertz CT molecular complexity index is 617. The van der Waals surface area contributed by atoms with Gasteiger partial charge in [0.2, 0.25) is 0 Å². The maximum atomic E-state index is 13.8. The van der Waals surface area contributed by atoms with Crippen LogP contribution >= 0.6 is 0 Å². The summed E-state index contributed by atoms with van der Waals surface area (Å²) < 4.78 is 13.8. The number of aromatic nitrogens is 2. The zero-order valence-corrected chi connectivity index (χ0v) is 10.2. The van der Waals surface area contributed by atoms with Gasteiger partial charge in [-0.25, -0.2) is 9.37 Å². The molecule has 4 heteroatoms. The maximum absolute atomic E-state index is 13.8. The first kappa shape index (κ1) is 11.8. The predicted molar refractivity (Wildman–Crippen MR) is 65.8 cm³/mol. The van der Waals surface area contributed by atoms with Crippen molar-refractivity contribution >= 4 is 11.0 Å². The van der Waals surface area contributed by atoms with E-state index in [0.29, 0.717) is 28.7 Å². The van der Waals surface area contributed by atoms with Gasteiger partial charge in [0.1, 0.15) is 11.5 Å². The van der Waals surface area contributed by atoms with Crippen LogP contribution in [0.25, 0.3) is 11.0 Å². The lowest BCUT2D eigenvalue weighted by Gasteiger charge is -2.08. The van der Waals surface area contributed by atoms with Crippen molar-refractivity contribution in [1.29, 1.82) is 0 Å². The van der Waals surface area contributed by atoms with Gasteiger partial charge in [-0.2, -0.15) is 0 Å². The average Bonchev–Trinajstić information content (AvgIpc) is 2.27. The van der Waals surface area contributed by atoms with E-state index < -0.39 is 0 Å². The number of aromatic amines is 1. The molecule has 0 radical (unpaired) electrons. The summed E-state index contributed by atoms with van der Waals surface area (Å²) in [4.78, 5) is 18.5. The number of hydrogen-bond acceptors (Lipinski definition) is 2. The molecule has 2 aromatic rings. The fourth-order valence-electron chi connectivity index (χ4n) is 1.84. The molecule has 1 aromatic heterocycles. The Hall–Kier alpha value is -1.71.